The van der Waals surface area contributed by atoms with Crippen LogP contribution in [0.1, 0.15) is 6.92 Å². The number of halogens is 2. The van der Waals surface area contributed by atoms with Gasteiger partial charge in [-0.15, -0.1) is 0 Å². The molecule has 23 heavy (non-hydrogen) atoms. The maximum absolute atomic E-state index is 6.14. The minimum absolute atomic E-state index is 0.550. The number of fused-ring (bicyclic) bond motifs is 1. The van der Waals surface area contributed by atoms with Crippen molar-refractivity contribution in [1.82, 2.24) is 9.97 Å². The normalized spacial score (nSPS) is 10.8. The Hall–Kier alpha value is -1.85. The quantitative estimate of drug-likeness (QED) is 0.667. The van der Waals surface area contributed by atoms with E-state index in [1.54, 1.807) is 13.2 Å². The Balaban J connectivity index is 2.33. The van der Waals surface area contributed by atoms with Gasteiger partial charge in [0.05, 0.1) is 11.1 Å². The molecular weight excluding hydrogens is 378 g/mol. The van der Waals surface area contributed by atoms with E-state index in [0.29, 0.717) is 23.3 Å². The van der Waals surface area contributed by atoms with Crippen LogP contribution < -0.4 is 10.1 Å². The van der Waals surface area contributed by atoms with Gasteiger partial charge in [-0.25, -0.2) is 9.97 Å². The van der Waals surface area contributed by atoms with E-state index in [4.69, 9.17) is 16.3 Å². The number of aromatic nitrogens is 2. The van der Waals surface area contributed by atoms with Gasteiger partial charge in [0.25, 0.3) is 0 Å². The first kappa shape index (κ1) is 16.0. The van der Waals surface area contributed by atoms with Crippen LogP contribution in [-0.4, -0.2) is 23.6 Å². The van der Waals surface area contributed by atoms with Crippen LogP contribution >= 0.6 is 27.5 Å². The molecule has 0 amide bonds. The smallest absolute Gasteiger partial charge is 0.223 e. The van der Waals surface area contributed by atoms with Crippen LogP contribution in [0.4, 0.5) is 5.95 Å². The summed E-state index contributed by atoms with van der Waals surface area (Å²) in [5, 5.41) is 4.57. The third kappa shape index (κ3) is 3.12. The highest BCUT2D eigenvalue weighted by molar-refractivity contribution is 9.10. The number of ether oxygens (including phenoxy) is 1. The topological polar surface area (TPSA) is 47.0 Å². The van der Waals surface area contributed by atoms with Crippen molar-refractivity contribution >= 4 is 44.4 Å². The lowest BCUT2D eigenvalue weighted by atomic mass is 10.0. The molecule has 1 heterocycles. The van der Waals surface area contributed by atoms with Gasteiger partial charge in [-0.3, -0.25) is 0 Å². The summed E-state index contributed by atoms with van der Waals surface area (Å²) < 4.78 is 6.62. The zero-order valence-corrected chi connectivity index (χ0v) is 15.1. The third-order valence-electron chi connectivity index (χ3n) is 3.43. The Morgan fingerprint density at radius 1 is 1.30 bits per heavy atom. The molecule has 0 fully saturated rings. The van der Waals surface area contributed by atoms with Crippen LogP contribution in [-0.2, 0) is 0 Å². The Morgan fingerprint density at radius 2 is 2.13 bits per heavy atom. The monoisotopic (exact) mass is 391 g/mol. The summed E-state index contributed by atoms with van der Waals surface area (Å²) in [6, 6.07) is 9.74. The lowest BCUT2D eigenvalue weighted by molar-refractivity contribution is 0.341. The standard InChI is InChI=1S/C17H15BrClN3O/c1-3-23-16-14(18)8-12(10-5-4-6-11(19)7-10)13-9-21-17(20-2)22-15(13)16/h4-9H,3H2,1-2H3,(H,20,21,22). The number of hydrogen-bond donors (Lipinski definition) is 1. The summed E-state index contributed by atoms with van der Waals surface area (Å²) in [5.74, 6) is 1.26. The number of benzene rings is 2. The van der Waals surface area contributed by atoms with E-state index in [1.807, 2.05) is 37.3 Å². The van der Waals surface area contributed by atoms with E-state index in [2.05, 4.69) is 31.2 Å². The molecule has 0 bridgehead atoms. The molecular formula is C17H15BrClN3O. The largest absolute Gasteiger partial charge is 0.490 e. The number of nitrogens with one attached hydrogen (secondary N) is 1. The SMILES string of the molecule is CCOc1c(Br)cc(-c2cccc(Cl)c2)c2cnc(NC)nc12. The van der Waals surface area contributed by atoms with Crippen molar-refractivity contribution in [3.05, 3.63) is 46.0 Å². The molecule has 118 valence electrons. The molecule has 4 nitrogen and oxygen atoms in total. The van der Waals surface area contributed by atoms with E-state index in [1.165, 1.54) is 0 Å². The Morgan fingerprint density at radius 3 is 2.83 bits per heavy atom. The second-order valence-corrected chi connectivity index (χ2v) is 6.18. The highest BCUT2D eigenvalue weighted by Gasteiger charge is 2.15. The van der Waals surface area contributed by atoms with Gasteiger partial charge in [0.15, 0.2) is 5.75 Å². The molecule has 0 unspecified atom stereocenters. The molecule has 3 aromatic rings. The van der Waals surface area contributed by atoms with Crippen molar-refractivity contribution in [1.29, 1.82) is 0 Å². The molecule has 0 spiro atoms. The molecule has 1 N–H and O–H groups in total. The van der Waals surface area contributed by atoms with Crippen LogP contribution in [0.3, 0.4) is 0 Å². The second-order valence-electron chi connectivity index (χ2n) is 4.88. The summed E-state index contributed by atoms with van der Waals surface area (Å²) in [5.41, 5.74) is 2.77. The van der Waals surface area contributed by atoms with Crippen LogP contribution in [0, 0.1) is 0 Å². The first-order chi connectivity index (χ1) is 11.1. The molecule has 0 radical (unpaired) electrons. The summed E-state index contributed by atoms with van der Waals surface area (Å²) in [6.07, 6.45) is 1.80. The highest BCUT2D eigenvalue weighted by Crippen LogP contribution is 2.40. The molecule has 0 atom stereocenters. The summed E-state index contributed by atoms with van der Waals surface area (Å²) >= 11 is 9.73. The minimum Gasteiger partial charge on any atom is -0.490 e. The molecule has 0 aliphatic heterocycles. The van der Waals surface area contributed by atoms with Crippen molar-refractivity contribution in [2.24, 2.45) is 0 Å². The van der Waals surface area contributed by atoms with Crippen LogP contribution in [0.2, 0.25) is 5.02 Å². The molecule has 3 rings (SSSR count). The van der Waals surface area contributed by atoms with E-state index in [9.17, 15) is 0 Å². The zero-order valence-electron chi connectivity index (χ0n) is 12.7. The number of rotatable bonds is 4. The minimum atomic E-state index is 0.550. The second kappa shape index (κ2) is 6.72. The summed E-state index contributed by atoms with van der Waals surface area (Å²) in [4.78, 5) is 8.91. The maximum Gasteiger partial charge on any atom is 0.223 e. The molecule has 2 aromatic carbocycles. The highest BCUT2D eigenvalue weighted by atomic mass is 79.9. The predicted molar refractivity (Wildman–Crippen MR) is 98.4 cm³/mol. The van der Waals surface area contributed by atoms with Crippen LogP contribution in [0.5, 0.6) is 5.75 Å². The fraction of sp³-hybridized carbons (Fsp3) is 0.176. The van der Waals surface area contributed by atoms with Gasteiger partial charge in [-0.1, -0.05) is 23.7 Å². The van der Waals surface area contributed by atoms with Crippen molar-refractivity contribution in [2.45, 2.75) is 6.92 Å². The van der Waals surface area contributed by atoms with Crippen LogP contribution in [0.15, 0.2) is 41.0 Å². The van der Waals surface area contributed by atoms with Gasteiger partial charge in [-0.2, -0.15) is 0 Å². The first-order valence-corrected chi connectivity index (χ1v) is 8.37. The molecule has 1 aromatic heterocycles. The van der Waals surface area contributed by atoms with Gasteiger partial charge in [0, 0.05) is 23.7 Å². The van der Waals surface area contributed by atoms with Crippen molar-refractivity contribution in [2.75, 3.05) is 19.0 Å². The Bertz CT molecular complexity index is 870. The van der Waals surface area contributed by atoms with Crippen molar-refractivity contribution < 1.29 is 4.74 Å². The van der Waals surface area contributed by atoms with E-state index < -0.39 is 0 Å². The Labute approximate surface area is 148 Å². The molecule has 0 saturated heterocycles. The summed E-state index contributed by atoms with van der Waals surface area (Å²) in [6.45, 7) is 2.51. The fourth-order valence-electron chi connectivity index (χ4n) is 2.43. The van der Waals surface area contributed by atoms with Gasteiger partial charge in [0.1, 0.15) is 5.52 Å². The first-order valence-electron chi connectivity index (χ1n) is 7.19. The molecule has 0 aliphatic rings. The predicted octanol–water partition coefficient (Wildman–Crippen LogP) is 5.15. The van der Waals surface area contributed by atoms with E-state index in [-0.39, 0.29) is 0 Å². The van der Waals surface area contributed by atoms with E-state index in [0.717, 1.165) is 26.5 Å². The van der Waals surface area contributed by atoms with Gasteiger partial charge in [-0.05, 0) is 52.2 Å². The number of anilines is 1. The molecule has 0 aliphatic carbocycles. The lowest BCUT2D eigenvalue weighted by Crippen LogP contribution is -2.00. The van der Waals surface area contributed by atoms with Gasteiger partial charge >= 0.3 is 0 Å². The molecule has 6 heteroatoms. The summed E-state index contributed by atoms with van der Waals surface area (Å²) in [7, 11) is 1.79. The van der Waals surface area contributed by atoms with Crippen molar-refractivity contribution in [3.63, 3.8) is 0 Å². The van der Waals surface area contributed by atoms with Crippen LogP contribution in [0.25, 0.3) is 22.0 Å². The fourth-order valence-corrected chi connectivity index (χ4v) is 3.15. The Kier molecular flexibility index (Phi) is 4.68. The zero-order chi connectivity index (χ0) is 16.4. The third-order valence-corrected chi connectivity index (χ3v) is 4.25. The van der Waals surface area contributed by atoms with Gasteiger partial charge in [0.2, 0.25) is 5.95 Å². The lowest BCUT2D eigenvalue weighted by Gasteiger charge is -2.14. The maximum atomic E-state index is 6.14. The average molecular weight is 393 g/mol. The van der Waals surface area contributed by atoms with Gasteiger partial charge < -0.3 is 10.1 Å². The average Bonchev–Trinajstić information content (AvgIpc) is 2.56. The van der Waals surface area contributed by atoms with E-state index >= 15 is 0 Å². The number of hydrogen-bond acceptors (Lipinski definition) is 4. The molecule has 0 saturated carbocycles. The van der Waals surface area contributed by atoms with Crippen molar-refractivity contribution in [3.8, 4) is 16.9 Å². The number of nitrogens with zero attached hydrogens (tertiary/aromatic N) is 2.